The quantitative estimate of drug-likeness (QED) is 0.475. The molecule has 0 unspecified atom stereocenters. The van der Waals surface area contributed by atoms with Gasteiger partial charge in [-0.15, -0.1) is 11.3 Å². The van der Waals surface area contributed by atoms with E-state index in [1.54, 1.807) is 6.08 Å². The fourth-order valence-corrected chi connectivity index (χ4v) is 2.92. The molecular weight excluding hydrogens is 300 g/mol. The fourth-order valence-electron chi connectivity index (χ4n) is 2.11. The van der Waals surface area contributed by atoms with Gasteiger partial charge in [0.15, 0.2) is 0 Å². The molecule has 0 N–H and O–H groups in total. The SMILES string of the molecule is N#C/C(=C/C=C\c1ccccc1)c1nc(-c2ccccc2)cs1. The average molecular weight is 314 g/mol. The number of benzene rings is 2. The minimum atomic E-state index is 0.573. The Kier molecular flexibility index (Phi) is 4.78. The van der Waals surface area contributed by atoms with Crippen LogP contribution in [0, 0.1) is 11.3 Å². The highest BCUT2D eigenvalue weighted by Crippen LogP contribution is 2.25. The van der Waals surface area contributed by atoms with E-state index in [-0.39, 0.29) is 0 Å². The lowest BCUT2D eigenvalue weighted by Gasteiger charge is -1.94. The Morgan fingerprint density at radius 1 is 1.00 bits per heavy atom. The molecule has 2 nitrogen and oxygen atoms in total. The summed E-state index contributed by atoms with van der Waals surface area (Å²) in [7, 11) is 0. The van der Waals surface area contributed by atoms with Crippen molar-refractivity contribution < 1.29 is 0 Å². The summed E-state index contributed by atoms with van der Waals surface area (Å²) < 4.78 is 0. The van der Waals surface area contributed by atoms with Crippen molar-refractivity contribution in [1.82, 2.24) is 4.98 Å². The molecule has 0 saturated heterocycles. The number of hydrogen-bond acceptors (Lipinski definition) is 3. The van der Waals surface area contributed by atoms with Crippen molar-refractivity contribution >= 4 is 23.0 Å². The molecule has 0 spiro atoms. The molecule has 3 rings (SSSR count). The van der Waals surface area contributed by atoms with Crippen LogP contribution in [0.5, 0.6) is 0 Å². The van der Waals surface area contributed by atoms with Gasteiger partial charge in [-0.05, 0) is 11.6 Å². The summed E-state index contributed by atoms with van der Waals surface area (Å²) in [5.74, 6) is 0. The smallest absolute Gasteiger partial charge is 0.134 e. The second kappa shape index (κ2) is 7.35. The Morgan fingerprint density at radius 2 is 1.70 bits per heavy atom. The zero-order valence-corrected chi connectivity index (χ0v) is 13.2. The van der Waals surface area contributed by atoms with Crippen LogP contribution >= 0.6 is 11.3 Å². The molecule has 0 fully saturated rings. The van der Waals surface area contributed by atoms with Crippen molar-refractivity contribution in [2.75, 3.05) is 0 Å². The maximum absolute atomic E-state index is 9.37. The molecule has 0 bridgehead atoms. The van der Waals surface area contributed by atoms with Crippen LogP contribution in [0.3, 0.4) is 0 Å². The third-order valence-electron chi connectivity index (χ3n) is 3.28. The summed E-state index contributed by atoms with van der Waals surface area (Å²) in [5.41, 5.74) is 3.64. The lowest BCUT2D eigenvalue weighted by molar-refractivity contribution is 1.37. The summed E-state index contributed by atoms with van der Waals surface area (Å²) in [6.07, 6.45) is 5.67. The van der Waals surface area contributed by atoms with Crippen molar-refractivity contribution in [2.45, 2.75) is 0 Å². The maximum atomic E-state index is 9.37. The molecule has 0 radical (unpaired) electrons. The molecule has 0 amide bonds. The summed E-state index contributed by atoms with van der Waals surface area (Å²) in [5, 5.41) is 12.1. The van der Waals surface area contributed by atoms with Gasteiger partial charge in [0.05, 0.1) is 11.3 Å². The van der Waals surface area contributed by atoms with Gasteiger partial charge in [-0.25, -0.2) is 4.98 Å². The number of nitrogens with zero attached hydrogens (tertiary/aromatic N) is 2. The molecule has 1 heterocycles. The Labute approximate surface area is 139 Å². The maximum Gasteiger partial charge on any atom is 0.134 e. The van der Waals surface area contributed by atoms with Crippen LogP contribution in [0.1, 0.15) is 10.6 Å². The molecule has 2 aromatic carbocycles. The lowest BCUT2D eigenvalue weighted by Crippen LogP contribution is -1.81. The van der Waals surface area contributed by atoms with Crippen LogP contribution in [-0.4, -0.2) is 4.98 Å². The molecule has 0 atom stereocenters. The van der Waals surface area contributed by atoms with Gasteiger partial charge in [0.2, 0.25) is 0 Å². The monoisotopic (exact) mass is 314 g/mol. The number of hydrogen-bond donors (Lipinski definition) is 0. The molecule has 110 valence electrons. The first kappa shape index (κ1) is 15.0. The van der Waals surface area contributed by atoms with Gasteiger partial charge in [0.1, 0.15) is 11.1 Å². The summed E-state index contributed by atoms with van der Waals surface area (Å²) in [6.45, 7) is 0. The standard InChI is InChI=1S/C20H14N2S/c21-14-18(13-7-10-16-8-3-1-4-9-16)20-22-19(15-23-20)17-11-5-2-6-12-17/h1-13,15H/b10-7-,18-13-. The molecular formula is C20H14N2S. The van der Waals surface area contributed by atoms with Crippen LogP contribution in [0.25, 0.3) is 22.9 Å². The average Bonchev–Trinajstić information content (AvgIpc) is 3.10. The summed E-state index contributed by atoms with van der Waals surface area (Å²) in [6, 6.07) is 22.2. The third kappa shape index (κ3) is 3.82. The predicted octanol–water partition coefficient (Wildman–Crippen LogP) is 5.43. The van der Waals surface area contributed by atoms with Gasteiger partial charge in [-0.2, -0.15) is 5.26 Å². The van der Waals surface area contributed by atoms with E-state index < -0.39 is 0 Å². The number of aromatic nitrogens is 1. The van der Waals surface area contributed by atoms with Crippen LogP contribution < -0.4 is 0 Å². The molecule has 0 aliphatic carbocycles. The number of allylic oxidation sites excluding steroid dienone is 3. The number of rotatable bonds is 4. The largest absolute Gasteiger partial charge is 0.235 e. The molecule has 3 heteroatoms. The Bertz CT molecular complexity index is 869. The predicted molar refractivity (Wildman–Crippen MR) is 96.6 cm³/mol. The Morgan fingerprint density at radius 3 is 2.39 bits per heavy atom. The van der Waals surface area contributed by atoms with Gasteiger partial charge >= 0.3 is 0 Å². The zero-order chi connectivity index (χ0) is 15.9. The first-order chi connectivity index (χ1) is 11.4. The Balaban J connectivity index is 1.82. The zero-order valence-electron chi connectivity index (χ0n) is 12.4. The molecule has 0 saturated carbocycles. The Hall–Kier alpha value is -2.96. The van der Waals surface area contributed by atoms with Crippen molar-refractivity contribution in [3.8, 4) is 17.3 Å². The van der Waals surface area contributed by atoms with Gasteiger partial charge in [0, 0.05) is 10.9 Å². The van der Waals surface area contributed by atoms with E-state index in [1.165, 1.54) is 11.3 Å². The van der Waals surface area contributed by atoms with E-state index in [0.717, 1.165) is 21.8 Å². The van der Waals surface area contributed by atoms with Gasteiger partial charge in [-0.1, -0.05) is 72.8 Å². The molecule has 0 aliphatic rings. The van der Waals surface area contributed by atoms with Crippen LogP contribution in [0.2, 0.25) is 0 Å². The highest BCUT2D eigenvalue weighted by atomic mass is 32.1. The minimum absolute atomic E-state index is 0.573. The van der Waals surface area contributed by atoms with E-state index >= 15 is 0 Å². The van der Waals surface area contributed by atoms with Crippen LogP contribution in [0.15, 0.2) is 78.2 Å². The summed E-state index contributed by atoms with van der Waals surface area (Å²) in [4.78, 5) is 4.57. The second-order valence-electron chi connectivity index (χ2n) is 4.87. The molecule has 3 aromatic rings. The third-order valence-corrected chi connectivity index (χ3v) is 4.15. The molecule has 23 heavy (non-hydrogen) atoms. The van der Waals surface area contributed by atoms with E-state index in [9.17, 15) is 5.26 Å². The first-order valence-electron chi connectivity index (χ1n) is 7.21. The normalized spacial score (nSPS) is 11.5. The minimum Gasteiger partial charge on any atom is -0.235 e. The van der Waals surface area contributed by atoms with Crippen molar-refractivity contribution in [1.29, 1.82) is 5.26 Å². The van der Waals surface area contributed by atoms with Gasteiger partial charge in [0.25, 0.3) is 0 Å². The van der Waals surface area contributed by atoms with E-state index in [1.807, 2.05) is 78.2 Å². The van der Waals surface area contributed by atoms with Crippen molar-refractivity contribution in [3.05, 3.63) is 88.8 Å². The molecule has 1 aromatic heterocycles. The fraction of sp³-hybridized carbons (Fsp3) is 0. The summed E-state index contributed by atoms with van der Waals surface area (Å²) >= 11 is 1.49. The second-order valence-corrected chi connectivity index (χ2v) is 5.72. The van der Waals surface area contributed by atoms with Gasteiger partial charge in [-0.3, -0.25) is 0 Å². The van der Waals surface area contributed by atoms with Gasteiger partial charge < -0.3 is 0 Å². The molecule has 0 aliphatic heterocycles. The van der Waals surface area contributed by atoms with Crippen molar-refractivity contribution in [2.24, 2.45) is 0 Å². The van der Waals surface area contributed by atoms with E-state index in [0.29, 0.717) is 5.57 Å². The van der Waals surface area contributed by atoms with Crippen molar-refractivity contribution in [3.63, 3.8) is 0 Å². The number of nitriles is 1. The van der Waals surface area contributed by atoms with Crippen LogP contribution in [-0.2, 0) is 0 Å². The van der Waals surface area contributed by atoms with E-state index in [2.05, 4.69) is 11.1 Å². The van der Waals surface area contributed by atoms with E-state index in [4.69, 9.17) is 0 Å². The topological polar surface area (TPSA) is 36.7 Å². The number of thiazole rings is 1. The highest BCUT2D eigenvalue weighted by Gasteiger charge is 2.07. The van der Waals surface area contributed by atoms with Crippen LogP contribution in [0.4, 0.5) is 0 Å². The first-order valence-corrected chi connectivity index (χ1v) is 8.09. The lowest BCUT2D eigenvalue weighted by atomic mass is 10.2. The highest BCUT2D eigenvalue weighted by molar-refractivity contribution is 7.11.